The molecule has 1 fully saturated rings. The van der Waals surface area contributed by atoms with Gasteiger partial charge in [-0.25, -0.2) is 4.79 Å². The van der Waals surface area contributed by atoms with Crippen LogP contribution in [0.15, 0.2) is 29.2 Å². The summed E-state index contributed by atoms with van der Waals surface area (Å²) < 4.78 is 9.89. The molecule has 1 aliphatic rings. The number of rotatable bonds is 5. The number of methoxy groups -OCH3 is 1. The Kier molecular flexibility index (Phi) is 5.21. The van der Waals surface area contributed by atoms with Crippen LogP contribution >= 0.6 is 11.8 Å². The molecule has 0 spiro atoms. The standard InChI is InChI=1S/C15H15NO5S/c1-3-16-14(18)12(22-15(16)19)8-10-6-4-5-7-11(10)21-9-13(17)20-2/h4-8H,3,9H2,1-2H3/b12-8-. The number of carbonyl (C=O) groups excluding carboxylic acids is 3. The Balaban J connectivity index is 2.23. The van der Waals surface area contributed by atoms with Gasteiger partial charge in [0.05, 0.1) is 12.0 Å². The number of hydrogen-bond acceptors (Lipinski definition) is 6. The molecule has 2 amide bonds. The lowest BCUT2D eigenvalue weighted by Gasteiger charge is -2.09. The second-order valence-corrected chi connectivity index (χ2v) is 5.32. The Labute approximate surface area is 132 Å². The summed E-state index contributed by atoms with van der Waals surface area (Å²) in [5.74, 6) is -0.377. The van der Waals surface area contributed by atoms with E-state index in [9.17, 15) is 14.4 Å². The summed E-state index contributed by atoms with van der Waals surface area (Å²) in [6, 6.07) is 6.95. The van der Waals surface area contributed by atoms with Crippen molar-refractivity contribution in [2.24, 2.45) is 0 Å². The van der Waals surface area contributed by atoms with Crippen molar-refractivity contribution >= 4 is 35.0 Å². The van der Waals surface area contributed by atoms with Crippen molar-refractivity contribution in [3.8, 4) is 5.75 Å². The average molecular weight is 321 g/mol. The number of benzene rings is 1. The largest absolute Gasteiger partial charge is 0.481 e. The molecule has 22 heavy (non-hydrogen) atoms. The monoisotopic (exact) mass is 321 g/mol. The van der Waals surface area contributed by atoms with E-state index in [2.05, 4.69) is 4.74 Å². The molecule has 7 heteroatoms. The van der Waals surface area contributed by atoms with Crippen LogP contribution in [0.2, 0.25) is 0 Å². The second kappa shape index (κ2) is 7.13. The summed E-state index contributed by atoms with van der Waals surface area (Å²) in [6.45, 7) is 1.85. The van der Waals surface area contributed by atoms with Gasteiger partial charge in [0.2, 0.25) is 0 Å². The van der Waals surface area contributed by atoms with E-state index < -0.39 is 5.97 Å². The molecule has 1 saturated heterocycles. The van der Waals surface area contributed by atoms with Gasteiger partial charge in [-0.15, -0.1) is 0 Å². The first-order valence-corrected chi connectivity index (χ1v) is 7.42. The average Bonchev–Trinajstić information content (AvgIpc) is 2.79. The minimum absolute atomic E-state index is 0.224. The van der Waals surface area contributed by atoms with Gasteiger partial charge in [0.15, 0.2) is 6.61 Å². The van der Waals surface area contributed by atoms with Gasteiger partial charge in [-0.2, -0.15) is 0 Å². The minimum atomic E-state index is -0.499. The fourth-order valence-corrected chi connectivity index (χ4v) is 2.73. The van der Waals surface area contributed by atoms with Crippen LogP contribution in [0.1, 0.15) is 12.5 Å². The maximum atomic E-state index is 12.1. The molecular formula is C15H15NO5S. The third-order valence-electron chi connectivity index (χ3n) is 2.97. The lowest BCUT2D eigenvalue weighted by Crippen LogP contribution is -2.27. The van der Waals surface area contributed by atoms with Crippen LogP contribution in [-0.2, 0) is 14.3 Å². The summed E-state index contributed by atoms with van der Waals surface area (Å²) in [5.41, 5.74) is 0.619. The first kappa shape index (κ1) is 16.1. The molecular weight excluding hydrogens is 306 g/mol. The van der Waals surface area contributed by atoms with E-state index in [1.807, 2.05) is 0 Å². The molecule has 1 heterocycles. The van der Waals surface area contributed by atoms with Crippen molar-refractivity contribution in [1.82, 2.24) is 4.90 Å². The quantitative estimate of drug-likeness (QED) is 0.612. The topological polar surface area (TPSA) is 72.9 Å². The molecule has 0 bridgehead atoms. The first-order chi connectivity index (χ1) is 10.6. The van der Waals surface area contributed by atoms with Gasteiger partial charge in [-0.1, -0.05) is 18.2 Å². The Morgan fingerprint density at radius 1 is 1.32 bits per heavy atom. The molecule has 0 aliphatic carbocycles. The van der Waals surface area contributed by atoms with E-state index in [4.69, 9.17) is 4.74 Å². The molecule has 116 valence electrons. The molecule has 0 aromatic heterocycles. The van der Waals surface area contributed by atoms with E-state index in [1.54, 1.807) is 37.3 Å². The number of ether oxygens (including phenoxy) is 2. The lowest BCUT2D eigenvalue weighted by molar-refractivity contribution is -0.142. The Morgan fingerprint density at radius 2 is 2.05 bits per heavy atom. The molecule has 0 atom stereocenters. The third-order valence-corrected chi connectivity index (χ3v) is 3.88. The van der Waals surface area contributed by atoms with Crippen LogP contribution in [0.3, 0.4) is 0 Å². The molecule has 2 rings (SSSR count). The lowest BCUT2D eigenvalue weighted by atomic mass is 10.2. The van der Waals surface area contributed by atoms with Crippen LogP contribution in [0, 0.1) is 0 Å². The van der Waals surface area contributed by atoms with Crippen LogP contribution < -0.4 is 4.74 Å². The summed E-state index contributed by atoms with van der Waals surface area (Å²) in [5, 5.41) is -0.285. The number of nitrogens with zero attached hydrogens (tertiary/aromatic N) is 1. The Hall–Kier alpha value is -2.28. The Bertz CT molecular complexity index is 641. The maximum Gasteiger partial charge on any atom is 0.343 e. The second-order valence-electron chi connectivity index (χ2n) is 4.33. The maximum absolute atomic E-state index is 12.1. The number of hydrogen-bond donors (Lipinski definition) is 0. The number of carbonyl (C=O) groups is 3. The minimum Gasteiger partial charge on any atom is -0.481 e. The van der Waals surface area contributed by atoms with Crippen LogP contribution in [0.25, 0.3) is 6.08 Å². The van der Waals surface area contributed by atoms with Crippen molar-refractivity contribution in [2.75, 3.05) is 20.3 Å². The number of para-hydroxylation sites is 1. The van der Waals surface area contributed by atoms with E-state index in [1.165, 1.54) is 12.0 Å². The number of amides is 2. The predicted octanol–water partition coefficient (Wildman–Crippen LogP) is 2.29. The third kappa shape index (κ3) is 3.48. The van der Waals surface area contributed by atoms with E-state index in [0.29, 0.717) is 22.8 Å². The molecule has 0 unspecified atom stereocenters. The smallest absolute Gasteiger partial charge is 0.343 e. The molecule has 0 radical (unpaired) electrons. The van der Waals surface area contributed by atoms with E-state index in [0.717, 1.165) is 11.8 Å². The molecule has 1 aliphatic heterocycles. The number of esters is 1. The van der Waals surface area contributed by atoms with E-state index >= 15 is 0 Å². The fourth-order valence-electron chi connectivity index (χ4n) is 1.84. The summed E-state index contributed by atoms with van der Waals surface area (Å²) in [7, 11) is 1.28. The van der Waals surface area contributed by atoms with Crippen molar-refractivity contribution in [3.63, 3.8) is 0 Å². The zero-order valence-electron chi connectivity index (χ0n) is 12.2. The Morgan fingerprint density at radius 3 is 2.68 bits per heavy atom. The number of imide groups is 1. The molecule has 0 N–H and O–H groups in total. The van der Waals surface area contributed by atoms with Gasteiger partial charge in [0.1, 0.15) is 5.75 Å². The van der Waals surface area contributed by atoms with Crippen molar-refractivity contribution in [2.45, 2.75) is 6.92 Å². The van der Waals surface area contributed by atoms with Crippen LogP contribution in [-0.4, -0.2) is 42.3 Å². The van der Waals surface area contributed by atoms with Gasteiger partial charge in [0, 0.05) is 12.1 Å². The molecule has 1 aromatic rings. The predicted molar refractivity (Wildman–Crippen MR) is 82.3 cm³/mol. The highest BCUT2D eigenvalue weighted by Gasteiger charge is 2.33. The number of thioether (sulfide) groups is 1. The van der Waals surface area contributed by atoms with Gasteiger partial charge in [-0.05, 0) is 30.8 Å². The summed E-state index contributed by atoms with van der Waals surface area (Å²) in [4.78, 5) is 36.4. The van der Waals surface area contributed by atoms with Crippen molar-refractivity contribution < 1.29 is 23.9 Å². The summed E-state index contributed by atoms with van der Waals surface area (Å²) >= 11 is 0.890. The van der Waals surface area contributed by atoms with Crippen LogP contribution in [0.5, 0.6) is 5.75 Å². The van der Waals surface area contributed by atoms with Crippen LogP contribution in [0.4, 0.5) is 4.79 Å². The number of likely N-dealkylation sites (N-methyl/N-ethyl adjacent to an activating group) is 1. The zero-order valence-corrected chi connectivity index (χ0v) is 13.0. The highest BCUT2D eigenvalue weighted by Crippen LogP contribution is 2.33. The molecule has 0 saturated carbocycles. The fraction of sp³-hybridized carbons (Fsp3) is 0.267. The molecule has 1 aromatic carbocycles. The van der Waals surface area contributed by atoms with Crippen molar-refractivity contribution in [1.29, 1.82) is 0 Å². The van der Waals surface area contributed by atoms with Gasteiger partial charge in [0.25, 0.3) is 11.1 Å². The highest BCUT2D eigenvalue weighted by molar-refractivity contribution is 8.18. The van der Waals surface area contributed by atoms with Gasteiger partial charge >= 0.3 is 5.97 Å². The normalized spacial score (nSPS) is 16.3. The summed E-state index contributed by atoms with van der Waals surface area (Å²) in [6.07, 6.45) is 1.59. The molecule has 6 nitrogen and oxygen atoms in total. The van der Waals surface area contributed by atoms with Gasteiger partial charge in [-0.3, -0.25) is 14.5 Å². The zero-order chi connectivity index (χ0) is 16.1. The van der Waals surface area contributed by atoms with E-state index in [-0.39, 0.29) is 17.8 Å². The first-order valence-electron chi connectivity index (χ1n) is 6.60. The van der Waals surface area contributed by atoms with Crippen molar-refractivity contribution in [3.05, 3.63) is 34.7 Å². The van der Waals surface area contributed by atoms with Gasteiger partial charge < -0.3 is 9.47 Å². The highest BCUT2D eigenvalue weighted by atomic mass is 32.2. The SMILES string of the molecule is CCN1C(=O)S/C(=C\c2ccccc2OCC(=O)OC)C1=O.